The number of aliphatic hydroxyl groups excluding tert-OH is 1. The van der Waals surface area contributed by atoms with Crippen LogP contribution in [0.5, 0.6) is 0 Å². The van der Waals surface area contributed by atoms with Gasteiger partial charge in [-0.2, -0.15) is 0 Å². The molecule has 0 amide bonds. The van der Waals surface area contributed by atoms with Crippen molar-refractivity contribution in [3.05, 3.63) is 0 Å². The number of rotatable bonds is 13. The Kier molecular flexibility index (Phi) is 12.5. The highest BCUT2D eigenvalue weighted by molar-refractivity contribution is 4.69. The monoisotopic (exact) mass is 298 g/mol. The van der Waals surface area contributed by atoms with Crippen LogP contribution in [-0.2, 0) is 0 Å². The maximum atomic E-state index is 9.17. The fourth-order valence-corrected chi connectivity index (χ4v) is 2.74. The van der Waals surface area contributed by atoms with Gasteiger partial charge in [0.25, 0.3) is 0 Å². The van der Waals surface area contributed by atoms with E-state index in [2.05, 4.69) is 27.7 Å². The highest BCUT2D eigenvalue weighted by Gasteiger charge is 2.18. The molecule has 0 aliphatic heterocycles. The third-order valence-corrected chi connectivity index (χ3v) is 4.99. The van der Waals surface area contributed by atoms with Gasteiger partial charge in [0.15, 0.2) is 0 Å². The molecule has 1 heteroatoms. The van der Waals surface area contributed by atoms with Crippen LogP contribution in [0.2, 0.25) is 0 Å². The first kappa shape index (κ1) is 21.0. The Morgan fingerprint density at radius 2 is 0.952 bits per heavy atom. The van der Waals surface area contributed by atoms with Crippen LogP contribution >= 0.6 is 0 Å². The highest BCUT2D eigenvalue weighted by atomic mass is 16.3. The molecule has 0 aliphatic carbocycles. The van der Waals surface area contributed by atoms with Crippen molar-refractivity contribution in [3.63, 3.8) is 0 Å². The topological polar surface area (TPSA) is 20.2 Å². The third kappa shape index (κ3) is 14.7. The molecule has 0 saturated carbocycles. The lowest BCUT2D eigenvalue weighted by atomic mass is 9.79. The van der Waals surface area contributed by atoms with Gasteiger partial charge in [-0.25, -0.2) is 0 Å². The molecule has 0 radical (unpaired) electrons. The third-order valence-electron chi connectivity index (χ3n) is 4.99. The lowest BCUT2D eigenvalue weighted by Gasteiger charge is -2.27. The summed E-state index contributed by atoms with van der Waals surface area (Å²) in [5.41, 5.74) is 0.480. The molecule has 2 unspecified atom stereocenters. The zero-order chi connectivity index (χ0) is 16.1. The number of aliphatic hydroxyl groups is 1. The Labute approximate surface area is 134 Å². The summed E-state index contributed by atoms with van der Waals surface area (Å²) in [5, 5.41) is 9.17. The molecule has 1 N–H and O–H groups in total. The van der Waals surface area contributed by atoms with Gasteiger partial charge in [0.05, 0.1) is 6.10 Å². The summed E-state index contributed by atoms with van der Waals surface area (Å²) in [4.78, 5) is 0. The van der Waals surface area contributed by atoms with Crippen molar-refractivity contribution in [1.82, 2.24) is 0 Å². The van der Waals surface area contributed by atoms with E-state index in [0.717, 1.165) is 12.3 Å². The Bertz CT molecular complexity index is 214. The van der Waals surface area contributed by atoms with Gasteiger partial charge < -0.3 is 5.11 Å². The van der Waals surface area contributed by atoms with Crippen molar-refractivity contribution in [1.29, 1.82) is 0 Å². The minimum Gasteiger partial charge on any atom is -0.393 e. The van der Waals surface area contributed by atoms with Crippen LogP contribution in [0.25, 0.3) is 0 Å². The average molecular weight is 299 g/mol. The van der Waals surface area contributed by atoms with Crippen LogP contribution in [0.4, 0.5) is 0 Å². The highest BCUT2D eigenvalue weighted by Crippen LogP contribution is 2.29. The Balaban J connectivity index is 3.16. The maximum absolute atomic E-state index is 9.17. The molecule has 0 fully saturated rings. The molecule has 0 aromatic heterocycles. The lowest BCUT2D eigenvalue weighted by molar-refractivity contribution is 0.180. The first-order chi connectivity index (χ1) is 9.84. The Morgan fingerprint density at radius 3 is 1.29 bits per heavy atom. The summed E-state index contributed by atoms with van der Waals surface area (Å²) < 4.78 is 0. The van der Waals surface area contributed by atoms with Crippen LogP contribution in [0.1, 0.15) is 112 Å². The second-order valence-electron chi connectivity index (χ2n) is 8.23. The normalized spacial score (nSPS) is 15.1. The molecule has 0 aliphatic rings. The number of hydrogen-bond donors (Lipinski definition) is 1. The minimum atomic E-state index is -0.106. The fourth-order valence-electron chi connectivity index (χ4n) is 2.74. The average Bonchev–Trinajstić information content (AvgIpc) is 2.38. The van der Waals surface area contributed by atoms with Gasteiger partial charge in [-0.3, -0.25) is 0 Å². The summed E-state index contributed by atoms with van der Waals surface area (Å²) in [6.07, 6.45) is 16.0. The standard InChI is InChI=1S/C20H42O/c1-18(20(3,4)5)16-14-12-10-8-6-7-9-11-13-15-17-19(2)21/h18-19,21H,6-17H2,1-5H3. The fraction of sp³-hybridized carbons (Fsp3) is 1.00. The van der Waals surface area contributed by atoms with E-state index < -0.39 is 0 Å². The molecule has 0 rings (SSSR count). The molecule has 0 saturated heterocycles. The van der Waals surface area contributed by atoms with Crippen molar-refractivity contribution in [2.24, 2.45) is 11.3 Å². The van der Waals surface area contributed by atoms with Gasteiger partial charge >= 0.3 is 0 Å². The predicted molar refractivity (Wildman–Crippen MR) is 95.7 cm³/mol. The number of hydrogen-bond acceptors (Lipinski definition) is 1. The molecular formula is C20H42O. The van der Waals surface area contributed by atoms with Crippen molar-refractivity contribution >= 4 is 0 Å². The van der Waals surface area contributed by atoms with E-state index in [1.807, 2.05) is 6.92 Å². The lowest BCUT2D eigenvalue weighted by Crippen LogP contribution is -2.16. The summed E-state index contributed by atoms with van der Waals surface area (Å²) in [5.74, 6) is 0.846. The van der Waals surface area contributed by atoms with Crippen molar-refractivity contribution in [2.75, 3.05) is 0 Å². The van der Waals surface area contributed by atoms with Gasteiger partial charge in [0.1, 0.15) is 0 Å². The summed E-state index contributed by atoms with van der Waals surface area (Å²) in [6, 6.07) is 0. The van der Waals surface area contributed by atoms with E-state index >= 15 is 0 Å². The predicted octanol–water partition coefficient (Wildman–Crippen LogP) is 6.73. The van der Waals surface area contributed by atoms with Crippen LogP contribution < -0.4 is 0 Å². The van der Waals surface area contributed by atoms with Crippen LogP contribution in [0.3, 0.4) is 0 Å². The minimum absolute atomic E-state index is 0.106. The van der Waals surface area contributed by atoms with Gasteiger partial charge in [0, 0.05) is 0 Å². The van der Waals surface area contributed by atoms with Crippen molar-refractivity contribution in [3.8, 4) is 0 Å². The molecule has 0 heterocycles. The summed E-state index contributed by atoms with van der Waals surface area (Å²) >= 11 is 0. The van der Waals surface area contributed by atoms with E-state index in [0.29, 0.717) is 5.41 Å². The molecular weight excluding hydrogens is 256 g/mol. The van der Waals surface area contributed by atoms with Crippen LogP contribution in [0, 0.1) is 11.3 Å². The van der Waals surface area contributed by atoms with Crippen LogP contribution in [-0.4, -0.2) is 11.2 Å². The molecule has 128 valence electrons. The molecule has 0 spiro atoms. The van der Waals surface area contributed by atoms with E-state index in [9.17, 15) is 5.11 Å². The second-order valence-corrected chi connectivity index (χ2v) is 8.23. The zero-order valence-corrected chi connectivity index (χ0v) is 15.6. The number of unbranched alkanes of at least 4 members (excludes halogenated alkanes) is 9. The molecule has 1 nitrogen and oxygen atoms in total. The SMILES string of the molecule is CC(O)CCCCCCCCCCCCC(C)C(C)(C)C. The summed E-state index contributed by atoms with van der Waals surface area (Å²) in [6.45, 7) is 11.4. The molecule has 0 aromatic carbocycles. The Hall–Kier alpha value is -0.0400. The van der Waals surface area contributed by atoms with E-state index in [1.165, 1.54) is 70.6 Å². The Morgan fingerprint density at radius 1 is 0.619 bits per heavy atom. The molecule has 21 heavy (non-hydrogen) atoms. The van der Waals surface area contributed by atoms with Gasteiger partial charge in [-0.05, 0) is 24.7 Å². The second kappa shape index (κ2) is 12.5. The van der Waals surface area contributed by atoms with E-state index in [-0.39, 0.29) is 6.10 Å². The van der Waals surface area contributed by atoms with Crippen molar-refractivity contribution < 1.29 is 5.11 Å². The van der Waals surface area contributed by atoms with E-state index in [4.69, 9.17) is 0 Å². The first-order valence-corrected chi connectivity index (χ1v) is 9.52. The quantitative estimate of drug-likeness (QED) is 0.374. The van der Waals surface area contributed by atoms with Crippen molar-refractivity contribution in [2.45, 2.75) is 118 Å². The van der Waals surface area contributed by atoms with Gasteiger partial charge in [-0.15, -0.1) is 0 Å². The largest absolute Gasteiger partial charge is 0.393 e. The van der Waals surface area contributed by atoms with Gasteiger partial charge in [-0.1, -0.05) is 98.3 Å². The maximum Gasteiger partial charge on any atom is 0.0512 e. The smallest absolute Gasteiger partial charge is 0.0512 e. The van der Waals surface area contributed by atoms with Crippen LogP contribution in [0.15, 0.2) is 0 Å². The van der Waals surface area contributed by atoms with E-state index in [1.54, 1.807) is 0 Å². The van der Waals surface area contributed by atoms with Gasteiger partial charge in [0.2, 0.25) is 0 Å². The summed E-state index contributed by atoms with van der Waals surface area (Å²) in [7, 11) is 0. The molecule has 2 atom stereocenters. The zero-order valence-electron chi connectivity index (χ0n) is 15.6. The molecule has 0 bridgehead atoms. The molecule has 0 aromatic rings. The first-order valence-electron chi connectivity index (χ1n) is 9.52.